The molecule has 4 rings (SSSR count). The molecule has 208 valence electrons. The number of benzene rings is 1. The van der Waals surface area contributed by atoms with Gasteiger partial charge in [-0.3, -0.25) is 14.4 Å². The van der Waals surface area contributed by atoms with Crippen molar-refractivity contribution in [1.82, 2.24) is 9.88 Å². The lowest BCUT2D eigenvalue weighted by Gasteiger charge is -2.25. The molecule has 2 heterocycles. The van der Waals surface area contributed by atoms with Crippen LogP contribution in [0.4, 0.5) is 0 Å². The van der Waals surface area contributed by atoms with Gasteiger partial charge in [0.2, 0.25) is 11.7 Å². The highest BCUT2D eigenvalue weighted by atomic mass is 16.5. The van der Waals surface area contributed by atoms with Gasteiger partial charge in [-0.2, -0.15) is 0 Å². The van der Waals surface area contributed by atoms with E-state index in [4.69, 9.17) is 20.6 Å². The molecular weight excluding hydrogens is 484 g/mol. The standard InChI is InChI=1S/C29H42N4O5/c30-14-7-6-10-21(28(36)29-32-23-11-4-5-12-26(23)38-29)16-25(34)24-17-22(18-33(24)27(35)13-15-31)37-19-20-8-2-1-3-9-20/h4-5,11-12,20-22,24H,1-3,6-10,13-19,30-31H2/t21-,22-,24+/m1/s1. The molecule has 2 aliphatic rings. The lowest BCUT2D eigenvalue weighted by molar-refractivity contribution is -0.137. The Kier molecular flexibility index (Phi) is 10.4. The zero-order chi connectivity index (χ0) is 26.9. The maximum atomic E-state index is 13.7. The molecule has 2 aromatic rings. The van der Waals surface area contributed by atoms with Gasteiger partial charge in [-0.25, -0.2) is 4.98 Å². The van der Waals surface area contributed by atoms with Crippen LogP contribution in [0.15, 0.2) is 28.7 Å². The molecule has 1 saturated heterocycles. The maximum absolute atomic E-state index is 13.7. The second-order valence-electron chi connectivity index (χ2n) is 10.8. The smallest absolute Gasteiger partial charge is 0.264 e. The number of unbranched alkanes of at least 4 members (excludes halogenated alkanes) is 1. The number of oxazole rings is 1. The van der Waals surface area contributed by atoms with Crippen molar-refractivity contribution < 1.29 is 23.5 Å². The van der Waals surface area contributed by atoms with E-state index in [2.05, 4.69) is 4.98 Å². The first-order valence-corrected chi connectivity index (χ1v) is 14.2. The number of carbonyl (C=O) groups is 3. The molecule has 1 aliphatic heterocycles. The van der Waals surface area contributed by atoms with Crippen LogP contribution in [-0.4, -0.2) is 65.7 Å². The molecule has 0 bridgehead atoms. The normalized spacial score (nSPS) is 21.2. The highest BCUT2D eigenvalue weighted by molar-refractivity contribution is 5.99. The van der Waals surface area contributed by atoms with Crippen LogP contribution in [0.1, 0.15) is 81.3 Å². The monoisotopic (exact) mass is 526 g/mol. The van der Waals surface area contributed by atoms with Gasteiger partial charge in [-0.05, 0) is 50.3 Å². The lowest BCUT2D eigenvalue weighted by atomic mass is 9.89. The predicted octanol–water partition coefficient (Wildman–Crippen LogP) is 3.63. The van der Waals surface area contributed by atoms with E-state index in [-0.39, 0.29) is 48.9 Å². The summed E-state index contributed by atoms with van der Waals surface area (Å²) >= 11 is 0. The number of hydrogen-bond acceptors (Lipinski definition) is 8. The number of nitrogens with two attached hydrogens (primary N) is 2. The molecule has 1 aliphatic carbocycles. The van der Waals surface area contributed by atoms with Crippen LogP contribution in [0.3, 0.4) is 0 Å². The Morgan fingerprint density at radius 3 is 2.61 bits per heavy atom. The van der Waals surface area contributed by atoms with Crippen molar-refractivity contribution in [2.75, 3.05) is 26.2 Å². The van der Waals surface area contributed by atoms with E-state index in [1.807, 2.05) is 12.1 Å². The zero-order valence-electron chi connectivity index (χ0n) is 22.3. The van der Waals surface area contributed by atoms with Crippen LogP contribution in [0, 0.1) is 11.8 Å². The Bertz CT molecular complexity index is 1050. The van der Waals surface area contributed by atoms with Crippen molar-refractivity contribution >= 4 is 28.6 Å². The number of ketones is 2. The molecule has 4 N–H and O–H groups in total. The van der Waals surface area contributed by atoms with E-state index in [1.165, 1.54) is 32.1 Å². The minimum atomic E-state index is -0.612. The highest BCUT2D eigenvalue weighted by Crippen LogP contribution is 2.30. The third-order valence-electron chi connectivity index (χ3n) is 7.94. The van der Waals surface area contributed by atoms with Gasteiger partial charge in [0.05, 0.1) is 12.1 Å². The third kappa shape index (κ3) is 7.27. The van der Waals surface area contributed by atoms with Gasteiger partial charge in [0.1, 0.15) is 5.52 Å². The second-order valence-corrected chi connectivity index (χ2v) is 10.8. The first kappa shape index (κ1) is 28.4. The van der Waals surface area contributed by atoms with E-state index in [1.54, 1.807) is 17.0 Å². The summed E-state index contributed by atoms with van der Waals surface area (Å²) < 4.78 is 12.0. The Labute approximate surface area is 224 Å². The third-order valence-corrected chi connectivity index (χ3v) is 7.94. The van der Waals surface area contributed by atoms with Crippen molar-refractivity contribution in [3.63, 3.8) is 0 Å². The molecule has 0 spiro atoms. The van der Waals surface area contributed by atoms with Crippen LogP contribution in [0.5, 0.6) is 0 Å². The SMILES string of the molecule is NCCCC[C@H](CC(=O)[C@@H]1C[C@@H](OCC2CCCCC2)CN1C(=O)CCN)C(=O)c1nc2ccccc2o1. The van der Waals surface area contributed by atoms with Gasteiger partial charge < -0.3 is 25.5 Å². The number of ether oxygens (including phenoxy) is 1. The number of Topliss-reactive ketones (excluding diaryl/α,β-unsaturated/α-hetero) is 2. The molecular formula is C29H42N4O5. The Morgan fingerprint density at radius 1 is 1.08 bits per heavy atom. The van der Waals surface area contributed by atoms with Crippen LogP contribution >= 0.6 is 0 Å². The number of hydrogen-bond donors (Lipinski definition) is 2. The Hall–Kier alpha value is -2.62. The van der Waals surface area contributed by atoms with Crippen LogP contribution in [-0.2, 0) is 14.3 Å². The first-order chi connectivity index (χ1) is 18.5. The topological polar surface area (TPSA) is 142 Å². The summed E-state index contributed by atoms with van der Waals surface area (Å²) in [4.78, 5) is 46.0. The van der Waals surface area contributed by atoms with E-state index in [9.17, 15) is 14.4 Å². The summed E-state index contributed by atoms with van der Waals surface area (Å²) in [5, 5.41) is 0. The number of para-hydroxylation sites is 2. The average Bonchev–Trinajstić information content (AvgIpc) is 3.57. The molecule has 0 radical (unpaired) electrons. The number of rotatable bonds is 14. The van der Waals surface area contributed by atoms with Crippen molar-refractivity contribution in [2.45, 2.75) is 82.8 Å². The number of amides is 1. The summed E-state index contributed by atoms with van der Waals surface area (Å²) in [6, 6.07) is 6.60. The summed E-state index contributed by atoms with van der Waals surface area (Å²) in [5.74, 6) is -0.563. The highest BCUT2D eigenvalue weighted by Gasteiger charge is 2.41. The van der Waals surface area contributed by atoms with E-state index in [0.29, 0.717) is 56.0 Å². The fourth-order valence-electron chi connectivity index (χ4n) is 5.78. The number of likely N-dealkylation sites (tertiary alicyclic amines) is 1. The summed E-state index contributed by atoms with van der Waals surface area (Å²) in [5.41, 5.74) is 12.5. The number of carbonyl (C=O) groups excluding carboxylic acids is 3. The minimum absolute atomic E-state index is 0.0212. The van der Waals surface area contributed by atoms with Crippen LogP contribution < -0.4 is 11.5 Å². The summed E-state index contributed by atoms with van der Waals surface area (Å²) in [7, 11) is 0. The molecule has 2 fully saturated rings. The van der Waals surface area contributed by atoms with Crippen molar-refractivity contribution in [2.24, 2.45) is 23.3 Å². The molecule has 1 amide bonds. The maximum Gasteiger partial charge on any atom is 0.264 e. The van der Waals surface area contributed by atoms with E-state index in [0.717, 1.165) is 6.42 Å². The lowest BCUT2D eigenvalue weighted by Crippen LogP contribution is -2.42. The molecule has 38 heavy (non-hydrogen) atoms. The van der Waals surface area contributed by atoms with Gasteiger partial charge in [0, 0.05) is 44.9 Å². The molecule has 9 heteroatoms. The van der Waals surface area contributed by atoms with Crippen LogP contribution in [0.2, 0.25) is 0 Å². The molecule has 0 unspecified atom stereocenters. The number of nitrogens with zero attached hydrogens (tertiary/aromatic N) is 2. The number of aromatic nitrogens is 1. The van der Waals surface area contributed by atoms with E-state index >= 15 is 0 Å². The van der Waals surface area contributed by atoms with Crippen LogP contribution in [0.25, 0.3) is 11.1 Å². The summed E-state index contributed by atoms with van der Waals surface area (Å²) in [6.45, 7) is 1.80. The Balaban J connectivity index is 1.45. The molecule has 1 aromatic carbocycles. The Morgan fingerprint density at radius 2 is 1.87 bits per heavy atom. The average molecular weight is 527 g/mol. The predicted molar refractivity (Wildman–Crippen MR) is 144 cm³/mol. The van der Waals surface area contributed by atoms with Gasteiger partial charge in [-0.15, -0.1) is 0 Å². The van der Waals surface area contributed by atoms with Gasteiger partial charge in [0.25, 0.3) is 5.89 Å². The fourth-order valence-corrected chi connectivity index (χ4v) is 5.78. The van der Waals surface area contributed by atoms with Crippen molar-refractivity contribution in [3.05, 3.63) is 30.2 Å². The largest absolute Gasteiger partial charge is 0.434 e. The van der Waals surface area contributed by atoms with Crippen molar-refractivity contribution in [1.29, 1.82) is 0 Å². The molecule has 9 nitrogen and oxygen atoms in total. The first-order valence-electron chi connectivity index (χ1n) is 14.2. The molecule has 1 saturated carbocycles. The summed E-state index contributed by atoms with van der Waals surface area (Å²) in [6.07, 6.45) is 8.56. The zero-order valence-corrected chi connectivity index (χ0v) is 22.3. The quantitative estimate of drug-likeness (QED) is 0.281. The van der Waals surface area contributed by atoms with Gasteiger partial charge in [0.15, 0.2) is 11.4 Å². The van der Waals surface area contributed by atoms with Crippen molar-refractivity contribution in [3.8, 4) is 0 Å². The fraction of sp³-hybridized carbons (Fsp3) is 0.655. The van der Waals surface area contributed by atoms with Gasteiger partial charge >= 0.3 is 0 Å². The second kappa shape index (κ2) is 14.0. The number of fused-ring (bicyclic) bond motifs is 1. The molecule has 3 atom stereocenters. The van der Waals surface area contributed by atoms with E-state index < -0.39 is 12.0 Å². The molecule has 1 aromatic heterocycles. The minimum Gasteiger partial charge on any atom is -0.434 e. The van der Waals surface area contributed by atoms with Gasteiger partial charge in [-0.1, -0.05) is 37.8 Å².